The van der Waals surface area contributed by atoms with E-state index in [1.165, 1.54) is 0 Å². The van der Waals surface area contributed by atoms with Crippen LogP contribution in [0.25, 0.3) is 0 Å². The van der Waals surface area contributed by atoms with Crippen LogP contribution in [0.1, 0.15) is 58.7 Å². The molecular weight excluding hydrogens is 214 g/mol. The van der Waals surface area contributed by atoms with Crippen molar-refractivity contribution in [1.82, 2.24) is 15.5 Å². The molecular formula is C13H25N3O. The lowest BCUT2D eigenvalue weighted by atomic mass is 10.0. The van der Waals surface area contributed by atoms with Gasteiger partial charge < -0.3 is 9.84 Å². The molecule has 2 unspecified atom stereocenters. The molecule has 1 N–H and O–H groups in total. The zero-order chi connectivity index (χ0) is 12.8. The Morgan fingerprint density at radius 1 is 1.24 bits per heavy atom. The SMILES string of the molecule is CCNC(Cc1nc(C(C)CC)no1)C(C)C. The van der Waals surface area contributed by atoms with Crippen LogP contribution in [-0.4, -0.2) is 22.7 Å². The normalized spacial score (nSPS) is 15.2. The second kappa shape index (κ2) is 6.74. The summed E-state index contributed by atoms with van der Waals surface area (Å²) in [5.74, 6) is 2.53. The predicted octanol–water partition coefficient (Wildman–Crippen LogP) is 2.76. The highest BCUT2D eigenvalue weighted by Crippen LogP contribution is 2.16. The molecule has 2 atom stereocenters. The first-order valence-electron chi connectivity index (χ1n) is 6.64. The molecule has 0 amide bonds. The van der Waals surface area contributed by atoms with Gasteiger partial charge in [-0.3, -0.25) is 0 Å². The molecule has 0 radical (unpaired) electrons. The third kappa shape index (κ3) is 4.11. The molecule has 17 heavy (non-hydrogen) atoms. The molecule has 0 aliphatic rings. The Balaban J connectivity index is 2.63. The number of nitrogens with one attached hydrogen (secondary N) is 1. The van der Waals surface area contributed by atoms with E-state index in [1.54, 1.807) is 0 Å². The Kier molecular flexibility index (Phi) is 5.62. The summed E-state index contributed by atoms with van der Waals surface area (Å²) in [4.78, 5) is 4.47. The highest BCUT2D eigenvalue weighted by atomic mass is 16.5. The quantitative estimate of drug-likeness (QED) is 0.795. The Morgan fingerprint density at radius 3 is 2.47 bits per heavy atom. The number of nitrogens with zero attached hydrogens (tertiary/aromatic N) is 2. The maximum Gasteiger partial charge on any atom is 0.228 e. The first-order chi connectivity index (χ1) is 8.08. The Bertz CT molecular complexity index is 322. The third-order valence-electron chi connectivity index (χ3n) is 3.20. The van der Waals surface area contributed by atoms with E-state index in [0.717, 1.165) is 31.1 Å². The van der Waals surface area contributed by atoms with Gasteiger partial charge in [0.2, 0.25) is 5.89 Å². The molecule has 0 aliphatic heterocycles. The fourth-order valence-corrected chi connectivity index (χ4v) is 1.73. The standard InChI is InChI=1S/C13H25N3O/c1-6-10(5)13-15-12(17-16-13)8-11(9(3)4)14-7-2/h9-11,14H,6-8H2,1-5H3. The highest BCUT2D eigenvalue weighted by Gasteiger charge is 2.18. The van der Waals surface area contributed by atoms with Gasteiger partial charge in [-0.2, -0.15) is 4.98 Å². The van der Waals surface area contributed by atoms with Crippen LogP contribution in [0.4, 0.5) is 0 Å². The molecule has 0 aliphatic carbocycles. The Morgan fingerprint density at radius 2 is 1.94 bits per heavy atom. The summed E-state index contributed by atoms with van der Waals surface area (Å²) in [7, 11) is 0. The van der Waals surface area contributed by atoms with Crippen molar-refractivity contribution in [3.05, 3.63) is 11.7 Å². The molecule has 1 heterocycles. The van der Waals surface area contributed by atoms with E-state index < -0.39 is 0 Å². The van der Waals surface area contributed by atoms with Gasteiger partial charge in [-0.15, -0.1) is 0 Å². The van der Waals surface area contributed by atoms with Gasteiger partial charge >= 0.3 is 0 Å². The Hall–Kier alpha value is -0.900. The van der Waals surface area contributed by atoms with Crippen LogP contribution in [0.2, 0.25) is 0 Å². The maximum absolute atomic E-state index is 5.31. The lowest BCUT2D eigenvalue weighted by Crippen LogP contribution is -2.35. The maximum atomic E-state index is 5.31. The van der Waals surface area contributed by atoms with Crippen molar-refractivity contribution in [1.29, 1.82) is 0 Å². The van der Waals surface area contributed by atoms with E-state index in [9.17, 15) is 0 Å². The van der Waals surface area contributed by atoms with Gasteiger partial charge in [-0.25, -0.2) is 0 Å². The zero-order valence-corrected chi connectivity index (χ0v) is 11.7. The van der Waals surface area contributed by atoms with Crippen molar-refractivity contribution >= 4 is 0 Å². The monoisotopic (exact) mass is 239 g/mol. The first-order valence-corrected chi connectivity index (χ1v) is 6.64. The largest absolute Gasteiger partial charge is 0.339 e. The van der Waals surface area contributed by atoms with Gasteiger partial charge in [-0.1, -0.05) is 39.8 Å². The van der Waals surface area contributed by atoms with Crippen LogP contribution >= 0.6 is 0 Å². The first kappa shape index (κ1) is 14.2. The minimum Gasteiger partial charge on any atom is -0.339 e. The van der Waals surface area contributed by atoms with Gasteiger partial charge in [0.15, 0.2) is 5.82 Å². The van der Waals surface area contributed by atoms with Gasteiger partial charge in [0.05, 0.1) is 0 Å². The van der Waals surface area contributed by atoms with E-state index in [0.29, 0.717) is 17.9 Å². The van der Waals surface area contributed by atoms with E-state index in [2.05, 4.69) is 50.1 Å². The molecule has 0 fully saturated rings. The minimum absolute atomic E-state index is 0.379. The van der Waals surface area contributed by atoms with E-state index in [4.69, 9.17) is 4.52 Å². The van der Waals surface area contributed by atoms with Crippen molar-refractivity contribution in [2.24, 2.45) is 5.92 Å². The van der Waals surface area contributed by atoms with Gasteiger partial charge in [0.25, 0.3) is 0 Å². The molecule has 4 heteroatoms. The molecule has 0 spiro atoms. The van der Waals surface area contributed by atoms with E-state index in [-0.39, 0.29) is 0 Å². The molecule has 1 aromatic rings. The summed E-state index contributed by atoms with van der Waals surface area (Å²) in [6, 6.07) is 0.408. The lowest BCUT2D eigenvalue weighted by molar-refractivity contribution is 0.326. The average Bonchev–Trinajstić information content (AvgIpc) is 2.76. The fourth-order valence-electron chi connectivity index (χ4n) is 1.73. The summed E-state index contributed by atoms with van der Waals surface area (Å²) in [6.07, 6.45) is 1.86. The highest BCUT2D eigenvalue weighted by molar-refractivity contribution is 4.95. The summed E-state index contributed by atoms with van der Waals surface area (Å²) in [5.41, 5.74) is 0. The molecule has 0 saturated carbocycles. The fraction of sp³-hybridized carbons (Fsp3) is 0.846. The summed E-state index contributed by atoms with van der Waals surface area (Å²) in [5, 5.41) is 7.50. The summed E-state index contributed by atoms with van der Waals surface area (Å²) >= 11 is 0. The summed E-state index contributed by atoms with van der Waals surface area (Å²) < 4.78 is 5.31. The van der Waals surface area contributed by atoms with Crippen molar-refractivity contribution < 1.29 is 4.52 Å². The van der Waals surface area contributed by atoms with Crippen molar-refractivity contribution in [2.45, 2.75) is 59.4 Å². The summed E-state index contributed by atoms with van der Waals surface area (Å²) in [6.45, 7) is 11.8. The smallest absolute Gasteiger partial charge is 0.228 e. The molecule has 98 valence electrons. The molecule has 1 aromatic heterocycles. The Labute approximate surface area is 104 Å². The minimum atomic E-state index is 0.379. The van der Waals surface area contributed by atoms with Crippen LogP contribution < -0.4 is 5.32 Å². The zero-order valence-electron chi connectivity index (χ0n) is 11.7. The molecule has 0 bridgehead atoms. The van der Waals surface area contributed by atoms with Gasteiger partial charge in [0.1, 0.15) is 0 Å². The third-order valence-corrected chi connectivity index (χ3v) is 3.20. The van der Waals surface area contributed by atoms with Crippen LogP contribution in [-0.2, 0) is 6.42 Å². The molecule has 0 aromatic carbocycles. The average molecular weight is 239 g/mol. The van der Waals surface area contributed by atoms with Crippen molar-refractivity contribution in [3.8, 4) is 0 Å². The van der Waals surface area contributed by atoms with Crippen molar-refractivity contribution in [2.75, 3.05) is 6.54 Å². The number of hydrogen-bond donors (Lipinski definition) is 1. The second-order valence-corrected chi connectivity index (χ2v) is 4.97. The van der Waals surface area contributed by atoms with E-state index in [1.807, 2.05) is 0 Å². The van der Waals surface area contributed by atoms with Crippen LogP contribution in [0.5, 0.6) is 0 Å². The predicted molar refractivity (Wildman–Crippen MR) is 69.0 cm³/mol. The topological polar surface area (TPSA) is 51.0 Å². The van der Waals surface area contributed by atoms with Crippen LogP contribution in [0.3, 0.4) is 0 Å². The van der Waals surface area contributed by atoms with E-state index >= 15 is 0 Å². The molecule has 4 nitrogen and oxygen atoms in total. The number of aromatic nitrogens is 2. The molecule has 0 saturated heterocycles. The number of likely N-dealkylation sites (N-methyl/N-ethyl adjacent to an activating group) is 1. The number of hydrogen-bond acceptors (Lipinski definition) is 4. The van der Waals surface area contributed by atoms with Gasteiger partial charge in [-0.05, 0) is 18.9 Å². The van der Waals surface area contributed by atoms with Crippen LogP contribution in [0, 0.1) is 5.92 Å². The van der Waals surface area contributed by atoms with Gasteiger partial charge in [0, 0.05) is 18.4 Å². The van der Waals surface area contributed by atoms with Crippen molar-refractivity contribution in [3.63, 3.8) is 0 Å². The number of rotatable bonds is 7. The second-order valence-electron chi connectivity index (χ2n) is 4.97. The van der Waals surface area contributed by atoms with Crippen LogP contribution in [0.15, 0.2) is 4.52 Å². The molecule has 1 rings (SSSR count). The lowest BCUT2D eigenvalue weighted by Gasteiger charge is -2.19.